The molecule has 112 valence electrons. The molecule has 0 unspecified atom stereocenters. The zero-order valence-corrected chi connectivity index (χ0v) is 12.8. The van der Waals surface area contributed by atoms with Gasteiger partial charge in [-0.05, 0) is 32.4 Å². The largest absolute Gasteiger partial charge is 0.315 e. The summed E-state index contributed by atoms with van der Waals surface area (Å²) in [6.45, 7) is 4.92. The Morgan fingerprint density at radius 1 is 1.43 bits per heavy atom. The number of hydrogen-bond acceptors (Lipinski definition) is 4. The third-order valence-electron chi connectivity index (χ3n) is 3.49. The molecule has 1 aliphatic rings. The van der Waals surface area contributed by atoms with Gasteiger partial charge in [-0.25, -0.2) is 4.98 Å². The van der Waals surface area contributed by atoms with Gasteiger partial charge in [-0.2, -0.15) is 0 Å². The third kappa shape index (κ3) is 2.90. The molecule has 3 amide bonds. The van der Waals surface area contributed by atoms with Gasteiger partial charge in [-0.1, -0.05) is 18.5 Å². The summed E-state index contributed by atoms with van der Waals surface area (Å²) in [5.74, 6) is -1.41. The number of rotatable bonds is 2. The van der Waals surface area contributed by atoms with Gasteiger partial charge in [0.1, 0.15) is 17.2 Å². The summed E-state index contributed by atoms with van der Waals surface area (Å²) < 4.78 is 0. The highest BCUT2D eigenvalue weighted by molar-refractivity contribution is 6.29. The lowest BCUT2D eigenvalue weighted by Crippen LogP contribution is -2.65. The SMILES string of the molecule is CCc1cc(C(=O)N2CC(=O)NC(=O)C2(C)C)cc(Cl)n1. The molecular formula is C14H16ClN3O3. The van der Waals surface area contributed by atoms with Crippen LogP contribution >= 0.6 is 11.6 Å². The van der Waals surface area contributed by atoms with E-state index in [9.17, 15) is 14.4 Å². The third-order valence-corrected chi connectivity index (χ3v) is 3.68. The van der Waals surface area contributed by atoms with E-state index in [1.54, 1.807) is 19.9 Å². The molecule has 0 spiro atoms. The molecule has 7 heteroatoms. The topological polar surface area (TPSA) is 79.4 Å². The molecule has 21 heavy (non-hydrogen) atoms. The van der Waals surface area contributed by atoms with Crippen molar-refractivity contribution >= 4 is 29.3 Å². The van der Waals surface area contributed by atoms with Crippen LogP contribution in [0.2, 0.25) is 5.15 Å². The number of imide groups is 1. The number of halogens is 1. The molecule has 1 saturated heterocycles. The predicted octanol–water partition coefficient (Wildman–Crippen LogP) is 1.17. The normalized spacial score (nSPS) is 17.6. The number of pyridine rings is 1. The summed E-state index contributed by atoms with van der Waals surface area (Å²) >= 11 is 5.91. The number of aryl methyl sites for hydroxylation is 1. The standard InChI is InChI=1S/C14H16ClN3O3/c1-4-9-5-8(6-10(15)16-9)12(20)18-7-11(19)17-13(21)14(18,2)3/h5-6H,4,7H2,1-3H3,(H,17,19,21). The van der Waals surface area contributed by atoms with Gasteiger partial charge in [0, 0.05) is 11.3 Å². The average molecular weight is 310 g/mol. The Hall–Kier alpha value is -1.95. The summed E-state index contributed by atoms with van der Waals surface area (Å²) in [5.41, 5.74) is -0.105. The van der Waals surface area contributed by atoms with E-state index in [2.05, 4.69) is 10.3 Å². The molecule has 1 aromatic rings. The fraction of sp³-hybridized carbons (Fsp3) is 0.429. The first-order valence-electron chi connectivity index (χ1n) is 6.58. The Bertz CT molecular complexity index is 628. The van der Waals surface area contributed by atoms with Crippen LogP contribution in [0.1, 0.15) is 36.8 Å². The highest BCUT2D eigenvalue weighted by Gasteiger charge is 2.43. The second kappa shape index (κ2) is 5.44. The molecule has 0 bridgehead atoms. The van der Waals surface area contributed by atoms with Gasteiger partial charge in [-0.15, -0.1) is 0 Å². The Labute approximate surface area is 127 Å². The van der Waals surface area contributed by atoms with Crippen molar-refractivity contribution in [2.75, 3.05) is 6.54 Å². The van der Waals surface area contributed by atoms with E-state index in [1.165, 1.54) is 11.0 Å². The summed E-state index contributed by atoms with van der Waals surface area (Å²) in [6, 6.07) is 3.07. The van der Waals surface area contributed by atoms with Crippen molar-refractivity contribution in [2.45, 2.75) is 32.7 Å². The van der Waals surface area contributed by atoms with Crippen molar-refractivity contribution in [3.63, 3.8) is 0 Å². The monoisotopic (exact) mass is 309 g/mol. The van der Waals surface area contributed by atoms with E-state index in [4.69, 9.17) is 11.6 Å². The van der Waals surface area contributed by atoms with Gasteiger partial charge >= 0.3 is 0 Å². The summed E-state index contributed by atoms with van der Waals surface area (Å²) in [6.07, 6.45) is 0.629. The van der Waals surface area contributed by atoms with Crippen molar-refractivity contribution in [2.24, 2.45) is 0 Å². The summed E-state index contributed by atoms with van der Waals surface area (Å²) in [7, 11) is 0. The molecule has 0 atom stereocenters. The lowest BCUT2D eigenvalue weighted by atomic mass is 9.97. The summed E-state index contributed by atoms with van der Waals surface area (Å²) in [4.78, 5) is 41.4. The molecule has 0 aliphatic carbocycles. The number of nitrogens with zero attached hydrogens (tertiary/aromatic N) is 2. The number of carbonyl (C=O) groups is 3. The average Bonchev–Trinajstić information content (AvgIpc) is 2.41. The number of nitrogens with one attached hydrogen (secondary N) is 1. The van der Waals surface area contributed by atoms with Crippen LogP contribution < -0.4 is 5.32 Å². The highest BCUT2D eigenvalue weighted by Crippen LogP contribution is 2.22. The van der Waals surface area contributed by atoms with Crippen LogP contribution in [0.4, 0.5) is 0 Å². The van der Waals surface area contributed by atoms with Crippen molar-refractivity contribution in [3.8, 4) is 0 Å². The maximum absolute atomic E-state index is 12.6. The van der Waals surface area contributed by atoms with E-state index in [1.807, 2.05) is 6.92 Å². The number of hydrogen-bond donors (Lipinski definition) is 1. The van der Waals surface area contributed by atoms with Gasteiger partial charge in [0.05, 0.1) is 0 Å². The van der Waals surface area contributed by atoms with Gasteiger partial charge < -0.3 is 4.90 Å². The first kappa shape index (κ1) is 15.4. The number of carbonyl (C=O) groups excluding carboxylic acids is 3. The highest BCUT2D eigenvalue weighted by atomic mass is 35.5. The van der Waals surface area contributed by atoms with Crippen LogP contribution in [0, 0.1) is 0 Å². The van der Waals surface area contributed by atoms with Crippen molar-refractivity contribution < 1.29 is 14.4 Å². The van der Waals surface area contributed by atoms with Gasteiger partial charge in [0.25, 0.3) is 11.8 Å². The lowest BCUT2D eigenvalue weighted by molar-refractivity contribution is -0.143. The Balaban J connectivity index is 2.40. The van der Waals surface area contributed by atoms with E-state index < -0.39 is 23.3 Å². The molecule has 2 heterocycles. The maximum atomic E-state index is 12.6. The number of amides is 3. The van der Waals surface area contributed by atoms with Crippen LogP contribution in [-0.2, 0) is 16.0 Å². The Kier molecular flexibility index (Phi) is 4.00. The van der Waals surface area contributed by atoms with Crippen LogP contribution in [0.3, 0.4) is 0 Å². The molecule has 1 aliphatic heterocycles. The first-order chi connectivity index (χ1) is 9.75. The predicted molar refractivity (Wildman–Crippen MR) is 76.9 cm³/mol. The smallest absolute Gasteiger partial charge is 0.255 e. The number of aromatic nitrogens is 1. The van der Waals surface area contributed by atoms with E-state index in [0.717, 1.165) is 0 Å². The minimum atomic E-state index is -1.10. The molecule has 1 N–H and O–H groups in total. The fourth-order valence-electron chi connectivity index (χ4n) is 2.12. The Morgan fingerprint density at radius 2 is 2.10 bits per heavy atom. The molecular weight excluding hydrogens is 294 g/mol. The molecule has 1 fully saturated rings. The quantitative estimate of drug-likeness (QED) is 0.657. The number of piperazine rings is 1. The fourth-order valence-corrected chi connectivity index (χ4v) is 2.35. The molecule has 0 aromatic carbocycles. The summed E-state index contributed by atoms with van der Waals surface area (Å²) in [5, 5.41) is 2.44. The minimum absolute atomic E-state index is 0.168. The van der Waals surface area contributed by atoms with Crippen molar-refractivity contribution in [3.05, 3.63) is 28.5 Å². The Morgan fingerprint density at radius 3 is 2.71 bits per heavy atom. The second-order valence-electron chi connectivity index (χ2n) is 5.35. The van der Waals surface area contributed by atoms with Crippen molar-refractivity contribution in [1.29, 1.82) is 0 Å². The van der Waals surface area contributed by atoms with E-state index in [0.29, 0.717) is 17.7 Å². The molecule has 1 aromatic heterocycles. The van der Waals surface area contributed by atoms with Crippen molar-refractivity contribution in [1.82, 2.24) is 15.2 Å². The van der Waals surface area contributed by atoms with Gasteiger partial charge in [-0.3, -0.25) is 19.7 Å². The molecule has 0 radical (unpaired) electrons. The minimum Gasteiger partial charge on any atom is -0.315 e. The zero-order chi connectivity index (χ0) is 15.8. The zero-order valence-electron chi connectivity index (χ0n) is 12.1. The second-order valence-corrected chi connectivity index (χ2v) is 5.74. The molecule has 0 saturated carbocycles. The van der Waals surface area contributed by atoms with Crippen LogP contribution in [-0.4, -0.2) is 39.7 Å². The van der Waals surface area contributed by atoms with Crippen LogP contribution in [0.5, 0.6) is 0 Å². The maximum Gasteiger partial charge on any atom is 0.255 e. The van der Waals surface area contributed by atoms with Crippen LogP contribution in [0.15, 0.2) is 12.1 Å². The first-order valence-corrected chi connectivity index (χ1v) is 6.96. The molecule has 2 rings (SSSR count). The van der Waals surface area contributed by atoms with Crippen LogP contribution in [0.25, 0.3) is 0 Å². The van der Waals surface area contributed by atoms with Gasteiger partial charge in [0.15, 0.2) is 0 Å². The van der Waals surface area contributed by atoms with E-state index >= 15 is 0 Å². The van der Waals surface area contributed by atoms with Gasteiger partial charge in [0.2, 0.25) is 5.91 Å². The van der Waals surface area contributed by atoms with E-state index in [-0.39, 0.29) is 11.7 Å². The lowest BCUT2D eigenvalue weighted by Gasteiger charge is -2.40. The molecule has 6 nitrogen and oxygen atoms in total.